The molecule has 0 N–H and O–H groups in total. The van der Waals surface area contributed by atoms with Gasteiger partial charge < -0.3 is 4.74 Å². The molecule has 0 aromatic heterocycles. The van der Waals surface area contributed by atoms with Crippen LogP contribution in [0.4, 0.5) is 0 Å². The van der Waals surface area contributed by atoms with E-state index in [-0.39, 0.29) is 0 Å². The van der Waals surface area contributed by atoms with Crippen molar-refractivity contribution in [2.45, 2.75) is 19.0 Å². The van der Waals surface area contributed by atoms with Gasteiger partial charge in [0.05, 0.1) is 12.4 Å². The fourth-order valence-electron chi connectivity index (χ4n) is 0.766. The molecule has 0 spiro atoms. The average Bonchev–Trinajstić information content (AvgIpc) is 2.19. The molecule has 0 amide bonds. The molecule has 0 unspecified atom stereocenters. The van der Waals surface area contributed by atoms with E-state index in [0.717, 1.165) is 28.6 Å². The highest BCUT2D eigenvalue weighted by molar-refractivity contribution is 6.34. The van der Waals surface area contributed by atoms with E-state index < -0.39 is 0 Å². The van der Waals surface area contributed by atoms with Crippen molar-refractivity contribution < 1.29 is 4.74 Å². The summed E-state index contributed by atoms with van der Waals surface area (Å²) in [5, 5.41) is 0. The number of allylic oxidation sites excluding steroid dienone is 1. The smallest absolute Gasteiger partial charge is 0.0912 e. The molecule has 0 atom stereocenters. The van der Waals surface area contributed by atoms with Crippen LogP contribution in [-0.2, 0) is 4.74 Å². The molecular weight excluding hydrogens is 116 g/mol. The van der Waals surface area contributed by atoms with Gasteiger partial charge in [-0.1, -0.05) is 6.55 Å². The molecule has 2 heteroatoms. The van der Waals surface area contributed by atoms with E-state index in [0.29, 0.717) is 0 Å². The van der Waals surface area contributed by atoms with Gasteiger partial charge in [0.25, 0.3) is 0 Å². The van der Waals surface area contributed by atoms with Gasteiger partial charge in [-0.3, -0.25) is 0 Å². The van der Waals surface area contributed by atoms with Gasteiger partial charge in [-0.05, 0) is 12.1 Å². The Hall–Kier alpha value is -0.243. The highest BCUT2D eigenvalue weighted by atomic mass is 28.2. The van der Waals surface area contributed by atoms with Crippen molar-refractivity contribution in [2.75, 3.05) is 6.61 Å². The van der Waals surface area contributed by atoms with Gasteiger partial charge in [0.1, 0.15) is 0 Å². The van der Waals surface area contributed by atoms with E-state index in [1.165, 1.54) is 5.76 Å². The monoisotopic (exact) mass is 126 g/mol. The molecule has 0 fully saturated rings. The fourth-order valence-corrected chi connectivity index (χ4v) is 1.36. The predicted molar refractivity (Wildman–Crippen MR) is 35.1 cm³/mol. The molecule has 44 valence electrons. The van der Waals surface area contributed by atoms with Crippen LogP contribution in [0.5, 0.6) is 0 Å². The summed E-state index contributed by atoms with van der Waals surface area (Å²) in [4.78, 5) is 0. The van der Waals surface area contributed by atoms with Crippen molar-refractivity contribution in [3.05, 3.63) is 11.8 Å². The predicted octanol–water partition coefficient (Wildman–Crippen LogP) is 1.46. The normalized spacial score (nSPS) is 17.9. The van der Waals surface area contributed by atoms with Crippen LogP contribution in [0.25, 0.3) is 0 Å². The Balaban J connectivity index is 2.23. The van der Waals surface area contributed by atoms with Crippen LogP contribution in [0.1, 0.15) is 6.42 Å². The van der Waals surface area contributed by atoms with E-state index in [1.807, 2.05) is 0 Å². The van der Waals surface area contributed by atoms with Crippen LogP contribution in [-0.4, -0.2) is 16.1 Å². The molecular formula is C6H10OSi. The lowest BCUT2D eigenvalue weighted by atomic mass is 10.4. The summed E-state index contributed by atoms with van der Waals surface area (Å²) in [5.41, 5.74) is 0. The minimum atomic E-state index is 0.916. The Morgan fingerprint density at radius 3 is 3.25 bits per heavy atom. The summed E-state index contributed by atoms with van der Waals surface area (Å²) in [6, 6.07) is 1.15. The molecule has 1 aliphatic rings. The van der Waals surface area contributed by atoms with Gasteiger partial charge in [0.15, 0.2) is 0 Å². The second-order valence-corrected chi connectivity index (χ2v) is 2.90. The molecule has 0 aliphatic carbocycles. The van der Waals surface area contributed by atoms with E-state index in [4.69, 9.17) is 4.74 Å². The van der Waals surface area contributed by atoms with E-state index in [1.54, 1.807) is 0 Å². The lowest BCUT2D eigenvalue weighted by Gasteiger charge is -1.97. The van der Waals surface area contributed by atoms with Crippen molar-refractivity contribution in [1.82, 2.24) is 0 Å². The first-order valence-corrected chi connectivity index (χ1v) is 4.60. The number of hydrogen-bond acceptors (Lipinski definition) is 1. The van der Waals surface area contributed by atoms with Crippen molar-refractivity contribution in [3.63, 3.8) is 0 Å². The first-order valence-electron chi connectivity index (χ1n) is 2.90. The van der Waals surface area contributed by atoms with Crippen LogP contribution in [0, 0.1) is 0 Å². The van der Waals surface area contributed by atoms with Crippen molar-refractivity contribution in [1.29, 1.82) is 0 Å². The number of ether oxygens (including phenoxy) is 1. The summed E-state index contributed by atoms with van der Waals surface area (Å²) in [6.07, 6.45) is 3.32. The van der Waals surface area contributed by atoms with Gasteiger partial charge in [0.2, 0.25) is 0 Å². The Labute approximate surface area is 52.6 Å². The maximum atomic E-state index is 5.26. The third kappa shape index (κ3) is 1.37. The number of hydrogen-bond donors (Lipinski definition) is 0. The topological polar surface area (TPSA) is 9.23 Å². The fraction of sp³-hybridized carbons (Fsp3) is 0.667. The molecule has 0 saturated heterocycles. The molecule has 2 radical (unpaired) electrons. The summed E-state index contributed by atoms with van der Waals surface area (Å²) < 4.78 is 5.26. The van der Waals surface area contributed by atoms with Gasteiger partial charge in [-0.2, -0.15) is 0 Å². The van der Waals surface area contributed by atoms with Crippen molar-refractivity contribution in [2.24, 2.45) is 0 Å². The van der Waals surface area contributed by atoms with Crippen molar-refractivity contribution in [3.8, 4) is 0 Å². The van der Waals surface area contributed by atoms with E-state index >= 15 is 0 Å². The largest absolute Gasteiger partial charge is 0.498 e. The van der Waals surface area contributed by atoms with Crippen LogP contribution >= 0.6 is 0 Å². The summed E-state index contributed by atoms with van der Waals surface area (Å²) in [7, 11) is 0.998. The second kappa shape index (κ2) is 2.92. The maximum Gasteiger partial charge on any atom is 0.0912 e. The first kappa shape index (κ1) is 5.89. The van der Waals surface area contributed by atoms with Gasteiger partial charge in [-0.25, -0.2) is 0 Å². The molecule has 8 heavy (non-hydrogen) atoms. The summed E-state index contributed by atoms with van der Waals surface area (Å²) >= 11 is 0. The van der Waals surface area contributed by atoms with Crippen molar-refractivity contribution >= 4 is 9.52 Å². The quantitative estimate of drug-likeness (QED) is 0.509. The molecule has 1 nitrogen and oxygen atoms in total. The van der Waals surface area contributed by atoms with E-state index in [2.05, 4.69) is 12.6 Å². The standard InChI is InChI=1S/C6H10OSi/c1-8-5-6-3-2-4-7-6/h3H,2,4-5H2,1H3. The Kier molecular flexibility index (Phi) is 2.15. The Morgan fingerprint density at radius 2 is 2.75 bits per heavy atom. The van der Waals surface area contributed by atoms with Crippen LogP contribution in [0.3, 0.4) is 0 Å². The molecule has 1 heterocycles. The third-order valence-corrected chi connectivity index (χ3v) is 1.83. The Bertz CT molecular complexity index is 98.7. The molecule has 0 bridgehead atoms. The molecule has 0 saturated carbocycles. The van der Waals surface area contributed by atoms with Crippen LogP contribution in [0.2, 0.25) is 12.6 Å². The zero-order chi connectivity index (χ0) is 5.82. The average molecular weight is 126 g/mol. The van der Waals surface area contributed by atoms with Crippen LogP contribution in [0.15, 0.2) is 11.8 Å². The lowest BCUT2D eigenvalue weighted by Crippen LogP contribution is -1.87. The minimum absolute atomic E-state index is 0.916. The highest BCUT2D eigenvalue weighted by Gasteiger charge is 2.01. The number of rotatable bonds is 2. The van der Waals surface area contributed by atoms with Gasteiger partial charge in [-0.15, -0.1) is 0 Å². The second-order valence-electron chi connectivity index (χ2n) is 1.84. The Morgan fingerprint density at radius 1 is 1.88 bits per heavy atom. The molecule has 0 aromatic carbocycles. The summed E-state index contributed by atoms with van der Waals surface area (Å²) in [6.45, 7) is 3.11. The maximum absolute atomic E-state index is 5.26. The molecule has 1 rings (SSSR count). The zero-order valence-electron chi connectivity index (χ0n) is 5.11. The van der Waals surface area contributed by atoms with Gasteiger partial charge >= 0.3 is 0 Å². The molecule has 0 aromatic rings. The van der Waals surface area contributed by atoms with Crippen LogP contribution < -0.4 is 0 Å². The summed E-state index contributed by atoms with van der Waals surface area (Å²) in [5.74, 6) is 1.21. The van der Waals surface area contributed by atoms with E-state index in [9.17, 15) is 0 Å². The SMILES string of the molecule is C[Si]CC1=CCCO1. The minimum Gasteiger partial charge on any atom is -0.498 e. The first-order chi connectivity index (χ1) is 3.93. The third-order valence-electron chi connectivity index (χ3n) is 1.13. The molecule has 1 aliphatic heterocycles. The van der Waals surface area contributed by atoms with Gasteiger partial charge in [0, 0.05) is 15.9 Å². The lowest BCUT2D eigenvalue weighted by molar-refractivity contribution is 0.246. The highest BCUT2D eigenvalue weighted by Crippen LogP contribution is 2.11. The zero-order valence-corrected chi connectivity index (χ0v) is 6.11.